The van der Waals surface area contributed by atoms with Gasteiger partial charge in [0.15, 0.2) is 0 Å². The predicted octanol–water partition coefficient (Wildman–Crippen LogP) is 5.20. The van der Waals surface area contributed by atoms with Gasteiger partial charge in [-0.15, -0.1) is 0 Å². The molecular formula is C23H30ClN3O2. The van der Waals surface area contributed by atoms with Gasteiger partial charge in [0.25, 0.3) is 5.91 Å². The maximum Gasteiger partial charge on any atom is 0.255 e. The molecule has 0 spiro atoms. The molecule has 29 heavy (non-hydrogen) atoms. The van der Waals surface area contributed by atoms with E-state index in [2.05, 4.69) is 12.2 Å². The van der Waals surface area contributed by atoms with Crippen molar-refractivity contribution < 1.29 is 9.59 Å². The molecule has 0 fully saturated rings. The summed E-state index contributed by atoms with van der Waals surface area (Å²) in [6, 6.07) is 12.9. The molecule has 0 aliphatic heterocycles. The smallest absolute Gasteiger partial charge is 0.255 e. The first-order valence-electron chi connectivity index (χ1n) is 9.94. The molecule has 2 aromatic rings. The van der Waals surface area contributed by atoms with E-state index >= 15 is 0 Å². The summed E-state index contributed by atoms with van der Waals surface area (Å²) in [5.41, 5.74) is 3.19. The van der Waals surface area contributed by atoms with Gasteiger partial charge in [-0.1, -0.05) is 37.6 Å². The first-order valence-corrected chi connectivity index (χ1v) is 10.3. The fourth-order valence-corrected chi connectivity index (χ4v) is 3.31. The molecule has 0 bridgehead atoms. The molecule has 0 heterocycles. The Kier molecular flexibility index (Phi) is 8.09. The van der Waals surface area contributed by atoms with Gasteiger partial charge in [0.05, 0.1) is 10.6 Å². The molecule has 2 amide bonds. The van der Waals surface area contributed by atoms with Gasteiger partial charge in [-0.05, 0) is 49.2 Å². The van der Waals surface area contributed by atoms with E-state index in [0.29, 0.717) is 23.6 Å². The van der Waals surface area contributed by atoms with Crippen LogP contribution in [0.2, 0.25) is 5.02 Å². The van der Waals surface area contributed by atoms with Crippen LogP contribution in [0.5, 0.6) is 0 Å². The average Bonchev–Trinajstić information content (AvgIpc) is 2.71. The highest BCUT2D eigenvalue weighted by Crippen LogP contribution is 2.27. The van der Waals surface area contributed by atoms with Crippen LogP contribution in [0, 0.1) is 0 Å². The van der Waals surface area contributed by atoms with Crippen LogP contribution in [0.4, 0.5) is 11.4 Å². The Morgan fingerprint density at radius 1 is 1.10 bits per heavy atom. The highest BCUT2D eigenvalue weighted by atomic mass is 35.5. The quantitative estimate of drug-likeness (QED) is 0.645. The normalized spacial score (nSPS) is 11.7. The van der Waals surface area contributed by atoms with E-state index in [0.717, 1.165) is 23.4 Å². The summed E-state index contributed by atoms with van der Waals surface area (Å²) in [4.78, 5) is 29.0. The van der Waals surface area contributed by atoms with Crippen LogP contribution in [0.15, 0.2) is 42.5 Å². The van der Waals surface area contributed by atoms with Crippen LogP contribution in [-0.2, 0) is 11.3 Å². The summed E-state index contributed by atoms with van der Waals surface area (Å²) in [6.07, 6.45) is 1.23. The van der Waals surface area contributed by atoms with Crippen LogP contribution in [-0.4, -0.2) is 36.9 Å². The van der Waals surface area contributed by atoms with Gasteiger partial charge in [-0.25, -0.2) is 0 Å². The lowest BCUT2D eigenvalue weighted by Crippen LogP contribution is -2.38. The molecule has 0 aromatic heterocycles. The molecule has 0 saturated heterocycles. The molecule has 2 rings (SSSR count). The monoisotopic (exact) mass is 415 g/mol. The fourth-order valence-electron chi connectivity index (χ4n) is 3.10. The Morgan fingerprint density at radius 3 is 2.38 bits per heavy atom. The van der Waals surface area contributed by atoms with E-state index in [1.807, 2.05) is 68.1 Å². The third-order valence-corrected chi connectivity index (χ3v) is 5.32. The van der Waals surface area contributed by atoms with Crippen LogP contribution in [0.25, 0.3) is 0 Å². The second kappa shape index (κ2) is 10.3. The van der Waals surface area contributed by atoms with Gasteiger partial charge in [0.1, 0.15) is 0 Å². The zero-order valence-electron chi connectivity index (χ0n) is 17.8. The third-order valence-electron chi connectivity index (χ3n) is 4.99. The molecule has 0 aliphatic rings. The number of halogens is 1. The summed E-state index contributed by atoms with van der Waals surface area (Å²) in [5, 5.41) is 3.35. The maximum atomic E-state index is 13.3. The molecule has 5 nitrogen and oxygen atoms in total. The molecule has 6 heteroatoms. The Hall–Kier alpha value is -2.53. The van der Waals surface area contributed by atoms with E-state index in [1.165, 1.54) is 0 Å². The summed E-state index contributed by atoms with van der Waals surface area (Å²) in [7, 11) is 3.93. The summed E-state index contributed by atoms with van der Waals surface area (Å²) in [5.74, 6) is -0.142. The molecular weight excluding hydrogens is 386 g/mol. The van der Waals surface area contributed by atoms with Gasteiger partial charge in [0.2, 0.25) is 5.91 Å². The fraction of sp³-hybridized carbons (Fsp3) is 0.391. The number of rotatable bonds is 8. The summed E-state index contributed by atoms with van der Waals surface area (Å²) < 4.78 is 0. The topological polar surface area (TPSA) is 52.7 Å². The number of carbonyl (C=O) groups excluding carboxylic acids is 2. The van der Waals surface area contributed by atoms with Crippen molar-refractivity contribution in [1.82, 2.24) is 4.90 Å². The van der Waals surface area contributed by atoms with Crippen molar-refractivity contribution in [1.29, 1.82) is 0 Å². The standard InChI is InChI=1S/C23H30ClN3O2/c1-6-16(3)27(23(29)19-10-8-9-11-20(19)24)15-17-14-18(25-22(28)7-2)12-13-21(17)26(4)5/h8-14,16H,6-7,15H2,1-5H3,(H,25,28)/t16-/m0/s1. The Bertz CT molecular complexity index is 867. The molecule has 1 atom stereocenters. The lowest BCUT2D eigenvalue weighted by Gasteiger charge is -2.31. The summed E-state index contributed by atoms with van der Waals surface area (Å²) >= 11 is 6.29. The number of amides is 2. The number of anilines is 2. The maximum absolute atomic E-state index is 13.3. The Morgan fingerprint density at radius 2 is 1.79 bits per heavy atom. The van der Waals surface area contributed by atoms with Crippen LogP contribution < -0.4 is 10.2 Å². The minimum atomic E-state index is -0.0994. The van der Waals surface area contributed by atoms with E-state index in [1.54, 1.807) is 12.1 Å². The molecule has 0 unspecified atom stereocenters. The predicted molar refractivity (Wildman–Crippen MR) is 121 cm³/mol. The van der Waals surface area contributed by atoms with Gasteiger partial charge in [-0.2, -0.15) is 0 Å². The highest BCUT2D eigenvalue weighted by Gasteiger charge is 2.24. The molecule has 1 N–H and O–H groups in total. The Labute approximate surface area is 178 Å². The van der Waals surface area contributed by atoms with Crippen LogP contribution >= 0.6 is 11.6 Å². The Balaban J connectivity index is 2.44. The van der Waals surface area contributed by atoms with Gasteiger partial charge < -0.3 is 15.1 Å². The van der Waals surface area contributed by atoms with Crippen molar-refractivity contribution in [3.63, 3.8) is 0 Å². The van der Waals surface area contributed by atoms with Crippen molar-refractivity contribution in [2.75, 3.05) is 24.3 Å². The average molecular weight is 416 g/mol. The second-order valence-electron chi connectivity index (χ2n) is 7.31. The first-order chi connectivity index (χ1) is 13.8. The van der Waals surface area contributed by atoms with E-state index in [4.69, 9.17) is 11.6 Å². The number of hydrogen-bond donors (Lipinski definition) is 1. The highest BCUT2D eigenvalue weighted by molar-refractivity contribution is 6.33. The van der Waals surface area contributed by atoms with Crippen LogP contribution in [0.1, 0.15) is 49.5 Å². The first kappa shape index (κ1) is 22.8. The number of nitrogens with zero attached hydrogens (tertiary/aromatic N) is 2. The molecule has 2 aromatic carbocycles. The third kappa shape index (κ3) is 5.73. The van der Waals surface area contributed by atoms with Gasteiger partial charge in [-0.3, -0.25) is 9.59 Å². The number of nitrogens with one attached hydrogen (secondary N) is 1. The van der Waals surface area contributed by atoms with Gasteiger partial charge >= 0.3 is 0 Å². The SMILES string of the molecule is CCC(=O)Nc1ccc(N(C)C)c(CN(C(=O)c2ccccc2Cl)[C@@H](C)CC)c1. The molecule has 0 aliphatic carbocycles. The van der Waals surface area contributed by atoms with Crippen LogP contribution in [0.3, 0.4) is 0 Å². The van der Waals surface area contributed by atoms with E-state index in [-0.39, 0.29) is 17.9 Å². The van der Waals surface area contributed by atoms with Crippen molar-refractivity contribution in [3.8, 4) is 0 Å². The largest absolute Gasteiger partial charge is 0.377 e. The van der Waals surface area contributed by atoms with Gasteiger partial charge in [0, 0.05) is 44.5 Å². The second-order valence-corrected chi connectivity index (χ2v) is 7.72. The summed E-state index contributed by atoms with van der Waals surface area (Å²) in [6.45, 7) is 6.33. The number of carbonyl (C=O) groups is 2. The molecule has 0 radical (unpaired) electrons. The minimum absolute atomic E-state index is 0.0303. The lowest BCUT2D eigenvalue weighted by molar-refractivity contribution is -0.115. The minimum Gasteiger partial charge on any atom is -0.377 e. The van der Waals surface area contributed by atoms with Crippen molar-refractivity contribution >= 4 is 34.8 Å². The van der Waals surface area contributed by atoms with E-state index < -0.39 is 0 Å². The molecule has 0 saturated carbocycles. The van der Waals surface area contributed by atoms with Crippen molar-refractivity contribution in [3.05, 3.63) is 58.6 Å². The number of benzene rings is 2. The van der Waals surface area contributed by atoms with Crippen molar-refractivity contribution in [2.45, 2.75) is 46.2 Å². The number of hydrogen-bond acceptors (Lipinski definition) is 3. The zero-order chi connectivity index (χ0) is 21.6. The molecule has 156 valence electrons. The lowest BCUT2D eigenvalue weighted by atomic mass is 10.1. The van der Waals surface area contributed by atoms with Crippen molar-refractivity contribution in [2.24, 2.45) is 0 Å². The van der Waals surface area contributed by atoms with E-state index in [9.17, 15) is 9.59 Å². The zero-order valence-corrected chi connectivity index (χ0v) is 18.6.